The third-order valence-electron chi connectivity index (χ3n) is 5.09. The summed E-state index contributed by atoms with van der Waals surface area (Å²) in [6.45, 7) is -1.31. The van der Waals surface area contributed by atoms with Gasteiger partial charge in [-0.15, -0.1) is 0 Å². The van der Waals surface area contributed by atoms with Crippen LogP contribution in [-0.2, 0) is 14.2 Å². The molecular formula is C18H27NO11. The van der Waals surface area contributed by atoms with Gasteiger partial charge in [-0.05, 0) is 24.3 Å². The van der Waals surface area contributed by atoms with E-state index in [4.69, 9.17) is 24.7 Å². The lowest BCUT2D eigenvalue weighted by molar-refractivity contribution is -0.352. The van der Waals surface area contributed by atoms with Gasteiger partial charge in [0.1, 0.15) is 54.6 Å². The smallest absolute Gasteiger partial charge is 0.229 e. The highest BCUT2D eigenvalue weighted by Gasteiger charge is 2.51. The molecule has 2 aliphatic heterocycles. The zero-order valence-electron chi connectivity index (χ0n) is 15.8. The van der Waals surface area contributed by atoms with Crippen LogP contribution in [-0.4, -0.2) is 110 Å². The van der Waals surface area contributed by atoms with E-state index in [0.717, 1.165) is 0 Å². The van der Waals surface area contributed by atoms with E-state index in [2.05, 4.69) is 0 Å². The molecule has 2 heterocycles. The van der Waals surface area contributed by atoms with Gasteiger partial charge in [-0.2, -0.15) is 0 Å². The van der Waals surface area contributed by atoms with Crippen molar-refractivity contribution in [1.82, 2.24) is 0 Å². The molecule has 1 aromatic rings. The highest BCUT2D eigenvalue weighted by atomic mass is 16.7. The zero-order valence-corrected chi connectivity index (χ0v) is 15.8. The van der Waals surface area contributed by atoms with Gasteiger partial charge in [-0.3, -0.25) is 0 Å². The maximum atomic E-state index is 10.5. The van der Waals surface area contributed by atoms with E-state index in [9.17, 15) is 35.7 Å². The number of rotatable bonds is 6. The third kappa shape index (κ3) is 4.68. The number of benzene rings is 1. The predicted octanol–water partition coefficient (Wildman–Crippen LogP) is -3.73. The molecule has 3 rings (SSSR count). The topological polar surface area (TPSA) is 205 Å². The zero-order chi connectivity index (χ0) is 22.0. The first-order chi connectivity index (χ1) is 14.3. The van der Waals surface area contributed by atoms with Gasteiger partial charge in [0.05, 0.1) is 13.2 Å². The van der Waals surface area contributed by atoms with Crippen LogP contribution >= 0.6 is 0 Å². The van der Waals surface area contributed by atoms with E-state index < -0.39 is 74.6 Å². The van der Waals surface area contributed by atoms with Gasteiger partial charge >= 0.3 is 0 Å². The normalized spacial score (nSPS) is 42.1. The van der Waals surface area contributed by atoms with E-state index in [1.807, 2.05) is 0 Å². The first-order valence-corrected chi connectivity index (χ1v) is 9.37. The van der Waals surface area contributed by atoms with Crippen molar-refractivity contribution in [3.8, 4) is 5.75 Å². The average Bonchev–Trinajstić information content (AvgIpc) is 2.74. The van der Waals surface area contributed by atoms with Crippen LogP contribution in [0.25, 0.3) is 0 Å². The van der Waals surface area contributed by atoms with E-state index in [1.165, 1.54) is 12.1 Å². The van der Waals surface area contributed by atoms with Gasteiger partial charge < -0.3 is 60.4 Å². The monoisotopic (exact) mass is 433 g/mol. The first-order valence-electron chi connectivity index (χ1n) is 9.37. The number of aliphatic hydroxyl groups is 7. The van der Waals surface area contributed by atoms with Crippen LogP contribution in [0.1, 0.15) is 0 Å². The predicted molar refractivity (Wildman–Crippen MR) is 97.9 cm³/mol. The summed E-state index contributed by atoms with van der Waals surface area (Å²) in [4.78, 5) is 0. The number of nitrogens with two attached hydrogens (primary N) is 1. The molecular weight excluding hydrogens is 406 g/mol. The summed E-state index contributed by atoms with van der Waals surface area (Å²) in [6.07, 6.45) is -15.0. The molecule has 0 bridgehead atoms. The maximum Gasteiger partial charge on any atom is 0.229 e. The molecule has 0 amide bonds. The molecule has 0 saturated carbocycles. The van der Waals surface area contributed by atoms with Crippen LogP contribution in [0.5, 0.6) is 5.75 Å². The lowest BCUT2D eigenvalue weighted by atomic mass is 9.97. The Morgan fingerprint density at radius 3 is 1.90 bits per heavy atom. The first kappa shape index (κ1) is 23.1. The molecule has 0 radical (unpaired) electrons. The molecule has 12 heteroatoms. The lowest BCUT2D eigenvalue weighted by Crippen LogP contribution is -2.65. The van der Waals surface area contributed by atoms with Crippen molar-refractivity contribution in [3.63, 3.8) is 0 Å². The Morgan fingerprint density at radius 2 is 1.30 bits per heavy atom. The minimum Gasteiger partial charge on any atom is -0.462 e. The minimum absolute atomic E-state index is 0.297. The van der Waals surface area contributed by atoms with Crippen LogP contribution in [0, 0.1) is 0 Å². The maximum absolute atomic E-state index is 10.5. The summed E-state index contributed by atoms with van der Waals surface area (Å²) in [7, 11) is 0. The van der Waals surface area contributed by atoms with Gasteiger partial charge in [0, 0.05) is 5.69 Å². The Balaban J connectivity index is 1.71. The molecule has 9 N–H and O–H groups in total. The fraction of sp³-hybridized carbons (Fsp3) is 0.667. The van der Waals surface area contributed by atoms with Crippen molar-refractivity contribution >= 4 is 5.69 Å². The van der Waals surface area contributed by atoms with Gasteiger partial charge in [0.25, 0.3) is 0 Å². The lowest BCUT2D eigenvalue weighted by Gasteiger charge is -2.45. The summed E-state index contributed by atoms with van der Waals surface area (Å²) in [5.41, 5.74) is 6.10. The second-order valence-electron chi connectivity index (χ2n) is 7.19. The van der Waals surface area contributed by atoms with Crippen LogP contribution in [0.4, 0.5) is 5.69 Å². The van der Waals surface area contributed by atoms with E-state index in [-0.39, 0.29) is 0 Å². The summed E-state index contributed by atoms with van der Waals surface area (Å²) < 4.78 is 21.7. The van der Waals surface area contributed by atoms with Gasteiger partial charge in [-0.25, -0.2) is 0 Å². The Bertz CT molecular complexity index is 673. The van der Waals surface area contributed by atoms with Crippen LogP contribution in [0.2, 0.25) is 0 Å². The van der Waals surface area contributed by atoms with Crippen LogP contribution in [0.15, 0.2) is 24.3 Å². The van der Waals surface area contributed by atoms with Crippen molar-refractivity contribution in [2.24, 2.45) is 0 Å². The number of anilines is 1. The number of nitrogen functional groups attached to an aromatic ring is 1. The summed E-state index contributed by atoms with van der Waals surface area (Å²) >= 11 is 0. The summed E-state index contributed by atoms with van der Waals surface area (Å²) in [5, 5.41) is 69.7. The van der Waals surface area contributed by atoms with Crippen molar-refractivity contribution in [2.75, 3.05) is 18.9 Å². The second-order valence-corrected chi connectivity index (χ2v) is 7.19. The standard InChI is InChI=1S/C18H27NO11/c19-7-1-3-8(4-2-7)27-17-15(26)13(24)16(10(6-21)29-17)30-18-14(25)12(23)11(22)9(5-20)28-18/h1-4,9-18,20-26H,5-6,19H2/t9-,10-,11+,12+,13-,14-,15-,16-,17+,18+/m1/s1. The number of ether oxygens (including phenoxy) is 4. The Hall–Kier alpha value is -1.58. The molecule has 0 unspecified atom stereocenters. The Morgan fingerprint density at radius 1 is 0.733 bits per heavy atom. The van der Waals surface area contributed by atoms with Gasteiger partial charge in [-0.1, -0.05) is 0 Å². The summed E-state index contributed by atoms with van der Waals surface area (Å²) in [6, 6.07) is 6.19. The molecule has 1 aromatic carbocycles. The summed E-state index contributed by atoms with van der Waals surface area (Å²) in [5.74, 6) is 0.297. The molecule has 2 saturated heterocycles. The SMILES string of the molecule is Nc1ccc(O[C@H]2O[C@H](CO)[C@@H](O[C@@H]3O[C@H](CO)[C@H](O)[C@H](O)[C@H]3O)[C@H](O)[C@H]2O)cc1. The number of hydrogen-bond donors (Lipinski definition) is 8. The quantitative estimate of drug-likeness (QED) is 0.204. The van der Waals surface area contributed by atoms with Gasteiger partial charge in [0.15, 0.2) is 6.29 Å². The van der Waals surface area contributed by atoms with Crippen LogP contribution < -0.4 is 10.5 Å². The van der Waals surface area contributed by atoms with Crippen LogP contribution in [0.3, 0.4) is 0 Å². The average molecular weight is 433 g/mol. The molecule has 10 atom stereocenters. The van der Waals surface area contributed by atoms with Crippen molar-refractivity contribution in [1.29, 1.82) is 0 Å². The molecule has 170 valence electrons. The highest BCUT2D eigenvalue weighted by molar-refractivity contribution is 5.41. The fourth-order valence-corrected chi connectivity index (χ4v) is 3.33. The molecule has 0 spiro atoms. The fourth-order valence-electron chi connectivity index (χ4n) is 3.33. The van der Waals surface area contributed by atoms with E-state index in [0.29, 0.717) is 11.4 Å². The molecule has 0 aliphatic carbocycles. The number of hydrogen-bond acceptors (Lipinski definition) is 12. The largest absolute Gasteiger partial charge is 0.462 e. The Kier molecular flexibility index (Phi) is 7.47. The minimum atomic E-state index is -1.73. The van der Waals surface area contributed by atoms with Crippen molar-refractivity contribution in [3.05, 3.63) is 24.3 Å². The molecule has 12 nitrogen and oxygen atoms in total. The van der Waals surface area contributed by atoms with Gasteiger partial charge in [0.2, 0.25) is 6.29 Å². The molecule has 30 heavy (non-hydrogen) atoms. The highest BCUT2D eigenvalue weighted by Crippen LogP contribution is 2.30. The second kappa shape index (κ2) is 9.70. The molecule has 2 aliphatic rings. The van der Waals surface area contributed by atoms with E-state index in [1.54, 1.807) is 12.1 Å². The van der Waals surface area contributed by atoms with Crippen molar-refractivity contribution in [2.45, 2.75) is 61.4 Å². The Labute approximate surface area is 171 Å². The van der Waals surface area contributed by atoms with E-state index >= 15 is 0 Å². The molecule has 0 aromatic heterocycles. The third-order valence-corrected chi connectivity index (χ3v) is 5.09. The number of aliphatic hydroxyl groups excluding tert-OH is 7. The van der Waals surface area contributed by atoms with Crippen molar-refractivity contribution < 1.29 is 54.7 Å². The molecule has 2 fully saturated rings.